The summed E-state index contributed by atoms with van der Waals surface area (Å²) in [6.07, 6.45) is -3.66. The molecule has 0 saturated carbocycles. The molecule has 0 aliphatic heterocycles. The number of carbonyl (C=O) groups is 1. The van der Waals surface area contributed by atoms with E-state index in [0.29, 0.717) is 12.8 Å². The number of ether oxygens (including phenoxy) is 1. The fourth-order valence-corrected chi connectivity index (χ4v) is 1.07. The number of hydrogen-bond donors (Lipinski definition) is 0. The second kappa shape index (κ2) is 5.88. The molecular weight excluding hydrogens is 197 g/mol. The molecule has 0 N–H and O–H groups in total. The monoisotopic (exact) mass is 212 g/mol. The van der Waals surface area contributed by atoms with Crippen molar-refractivity contribution in [2.45, 2.75) is 39.3 Å². The third-order valence-corrected chi connectivity index (χ3v) is 1.81. The van der Waals surface area contributed by atoms with Crippen LogP contribution in [0.3, 0.4) is 0 Å². The van der Waals surface area contributed by atoms with Crippen molar-refractivity contribution in [3.05, 3.63) is 0 Å². The van der Waals surface area contributed by atoms with Crippen LogP contribution in [-0.4, -0.2) is 18.8 Å². The van der Waals surface area contributed by atoms with Crippen LogP contribution in [0, 0.1) is 5.92 Å². The molecule has 0 rings (SSSR count). The summed E-state index contributed by atoms with van der Waals surface area (Å²) in [6.45, 7) is 3.25. The first-order valence-electron chi connectivity index (χ1n) is 4.66. The third-order valence-electron chi connectivity index (χ3n) is 1.81. The van der Waals surface area contributed by atoms with E-state index >= 15 is 0 Å². The SMILES string of the molecule is CCCCC(C(=O)OCC)C(F)(F)F. The van der Waals surface area contributed by atoms with Crippen molar-refractivity contribution < 1.29 is 22.7 Å². The number of esters is 1. The van der Waals surface area contributed by atoms with Crippen molar-refractivity contribution in [3.8, 4) is 0 Å². The lowest BCUT2D eigenvalue weighted by molar-refractivity contribution is -0.198. The number of unbranched alkanes of at least 4 members (excludes halogenated alkanes) is 1. The minimum atomic E-state index is -4.48. The van der Waals surface area contributed by atoms with E-state index in [4.69, 9.17) is 0 Å². The molecule has 0 bridgehead atoms. The number of carbonyl (C=O) groups excluding carboxylic acids is 1. The average molecular weight is 212 g/mol. The summed E-state index contributed by atoms with van der Waals surface area (Å²) in [6, 6.07) is 0. The summed E-state index contributed by atoms with van der Waals surface area (Å²) < 4.78 is 41.3. The van der Waals surface area contributed by atoms with E-state index in [-0.39, 0.29) is 13.0 Å². The smallest absolute Gasteiger partial charge is 0.402 e. The lowest BCUT2D eigenvalue weighted by atomic mass is 10.0. The first-order valence-corrected chi connectivity index (χ1v) is 4.66. The number of rotatable bonds is 5. The van der Waals surface area contributed by atoms with Crippen molar-refractivity contribution in [2.24, 2.45) is 5.92 Å². The molecule has 0 aromatic carbocycles. The Morgan fingerprint density at radius 2 is 1.93 bits per heavy atom. The first-order chi connectivity index (χ1) is 6.43. The molecule has 0 aromatic rings. The maximum Gasteiger partial charge on any atom is 0.402 e. The van der Waals surface area contributed by atoms with E-state index in [0.717, 1.165) is 0 Å². The first kappa shape index (κ1) is 13.3. The third kappa shape index (κ3) is 4.48. The van der Waals surface area contributed by atoms with Gasteiger partial charge in [0.2, 0.25) is 0 Å². The van der Waals surface area contributed by atoms with Gasteiger partial charge < -0.3 is 4.74 Å². The van der Waals surface area contributed by atoms with Crippen LogP contribution < -0.4 is 0 Å². The van der Waals surface area contributed by atoms with Crippen molar-refractivity contribution in [1.29, 1.82) is 0 Å². The molecule has 0 saturated heterocycles. The Morgan fingerprint density at radius 3 is 2.29 bits per heavy atom. The Labute approximate surface area is 81.4 Å². The Hall–Kier alpha value is -0.740. The van der Waals surface area contributed by atoms with Gasteiger partial charge in [0.25, 0.3) is 0 Å². The molecule has 0 aliphatic rings. The highest BCUT2D eigenvalue weighted by Gasteiger charge is 2.45. The zero-order valence-electron chi connectivity index (χ0n) is 8.36. The van der Waals surface area contributed by atoms with Crippen molar-refractivity contribution in [3.63, 3.8) is 0 Å². The second-order valence-electron chi connectivity index (χ2n) is 2.99. The largest absolute Gasteiger partial charge is 0.466 e. The summed E-state index contributed by atoms with van der Waals surface area (Å²) >= 11 is 0. The lowest BCUT2D eigenvalue weighted by Gasteiger charge is -2.17. The second-order valence-corrected chi connectivity index (χ2v) is 2.99. The van der Waals surface area contributed by atoms with Crippen molar-refractivity contribution >= 4 is 5.97 Å². The summed E-state index contributed by atoms with van der Waals surface area (Å²) in [5, 5.41) is 0. The molecule has 0 heterocycles. The Kier molecular flexibility index (Phi) is 5.57. The quantitative estimate of drug-likeness (QED) is 0.655. The molecule has 84 valence electrons. The Bertz CT molecular complexity index is 177. The molecule has 0 aromatic heterocycles. The minimum absolute atomic E-state index is 0.0163. The van der Waals surface area contributed by atoms with Gasteiger partial charge in [-0.25, -0.2) is 0 Å². The van der Waals surface area contributed by atoms with Gasteiger partial charge in [-0.15, -0.1) is 0 Å². The zero-order valence-corrected chi connectivity index (χ0v) is 8.36. The van der Waals surface area contributed by atoms with Gasteiger partial charge in [0.1, 0.15) is 0 Å². The highest BCUT2D eigenvalue weighted by molar-refractivity contribution is 5.73. The normalized spacial score (nSPS) is 13.8. The van der Waals surface area contributed by atoms with Gasteiger partial charge in [0.15, 0.2) is 5.92 Å². The zero-order chi connectivity index (χ0) is 11.2. The molecule has 1 unspecified atom stereocenters. The molecule has 5 heteroatoms. The van der Waals surface area contributed by atoms with Gasteiger partial charge in [0.05, 0.1) is 6.61 Å². The molecule has 0 fully saturated rings. The predicted molar refractivity (Wildman–Crippen MR) is 45.7 cm³/mol. The highest BCUT2D eigenvalue weighted by Crippen LogP contribution is 2.31. The summed E-state index contributed by atoms with van der Waals surface area (Å²) in [4.78, 5) is 11.0. The highest BCUT2D eigenvalue weighted by atomic mass is 19.4. The lowest BCUT2D eigenvalue weighted by Crippen LogP contribution is -2.32. The maximum atomic E-state index is 12.3. The van der Waals surface area contributed by atoms with Crippen LogP contribution in [0.4, 0.5) is 13.2 Å². The fourth-order valence-electron chi connectivity index (χ4n) is 1.07. The van der Waals surface area contributed by atoms with E-state index in [1.807, 2.05) is 0 Å². The summed E-state index contributed by atoms with van der Waals surface area (Å²) in [5.74, 6) is -3.11. The minimum Gasteiger partial charge on any atom is -0.466 e. The topological polar surface area (TPSA) is 26.3 Å². The van der Waals surface area contributed by atoms with Gasteiger partial charge in [-0.2, -0.15) is 13.2 Å². The van der Waals surface area contributed by atoms with Crippen molar-refractivity contribution in [2.75, 3.05) is 6.61 Å². The Morgan fingerprint density at radius 1 is 1.36 bits per heavy atom. The van der Waals surface area contributed by atoms with E-state index in [9.17, 15) is 18.0 Å². The number of halogens is 3. The predicted octanol–water partition coefficient (Wildman–Crippen LogP) is 2.92. The molecule has 2 nitrogen and oxygen atoms in total. The fraction of sp³-hybridized carbons (Fsp3) is 0.889. The van der Waals surface area contributed by atoms with E-state index in [1.165, 1.54) is 6.92 Å². The molecule has 1 atom stereocenters. The maximum absolute atomic E-state index is 12.3. The molecule has 0 amide bonds. The van der Waals surface area contributed by atoms with Crippen LogP contribution in [0.15, 0.2) is 0 Å². The Balaban J connectivity index is 4.31. The van der Waals surface area contributed by atoms with E-state index in [1.54, 1.807) is 6.92 Å². The van der Waals surface area contributed by atoms with Gasteiger partial charge in [-0.3, -0.25) is 4.79 Å². The summed E-state index contributed by atoms with van der Waals surface area (Å²) in [5.41, 5.74) is 0. The number of alkyl halides is 3. The van der Waals surface area contributed by atoms with Gasteiger partial charge in [-0.1, -0.05) is 19.8 Å². The van der Waals surface area contributed by atoms with Crippen LogP contribution in [0.5, 0.6) is 0 Å². The van der Waals surface area contributed by atoms with Gasteiger partial charge >= 0.3 is 12.1 Å². The van der Waals surface area contributed by atoms with Crippen LogP contribution in [-0.2, 0) is 9.53 Å². The van der Waals surface area contributed by atoms with Gasteiger partial charge in [0, 0.05) is 0 Å². The number of hydrogen-bond acceptors (Lipinski definition) is 2. The van der Waals surface area contributed by atoms with Gasteiger partial charge in [-0.05, 0) is 13.3 Å². The average Bonchev–Trinajstić information content (AvgIpc) is 2.03. The molecule has 0 spiro atoms. The summed E-state index contributed by atoms with van der Waals surface area (Å²) in [7, 11) is 0. The molecule has 0 aliphatic carbocycles. The van der Waals surface area contributed by atoms with Crippen LogP contribution in [0.25, 0.3) is 0 Å². The van der Waals surface area contributed by atoms with E-state index < -0.39 is 18.1 Å². The standard InChI is InChI=1S/C9H15F3O2/c1-3-5-6-7(9(10,11)12)8(13)14-4-2/h7H,3-6H2,1-2H3. The van der Waals surface area contributed by atoms with Crippen molar-refractivity contribution in [1.82, 2.24) is 0 Å². The molecule has 14 heavy (non-hydrogen) atoms. The van der Waals surface area contributed by atoms with Crippen LogP contribution >= 0.6 is 0 Å². The van der Waals surface area contributed by atoms with Crippen LogP contribution in [0.1, 0.15) is 33.1 Å². The molecular formula is C9H15F3O2. The van der Waals surface area contributed by atoms with E-state index in [2.05, 4.69) is 4.74 Å². The molecule has 0 radical (unpaired) electrons. The van der Waals surface area contributed by atoms with Crippen LogP contribution in [0.2, 0.25) is 0 Å².